The van der Waals surface area contributed by atoms with E-state index in [-0.39, 0.29) is 28.7 Å². The van der Waals surface area contributed by atoms with E-state index in [9.17, 15) is 19.7 Å². The largest absolute Gasteiger partial charge is 0.369 e. The summed E-state index contributed by atoms with van der Waals surface area (Å²) in [6.07, 6.45) is 9.86. The summed E-state index contributed by atoms with van der Waals surface area (Å²) in [4.78, 5) is 22.3. The molecule has 0 spiro atoms. The molecule has 0 N–H and O–H groups in total. The van der Waals surface area contributed by atoms with Gasteiger partial charge in [-0.1, -0.05) is 6.42 Å². The van der Waals surface area contributed by atoms with Gasteiger partial charge in [-0.2, -0.15) is 10.5 Å². The summed E-state index contributed by atoms with van der Waals surface area (Å²) < 4.78 is 15.7. The third-order valence-electron chi connectivity index (χ3n) is 9.44. The highest BCUT2D eigenvalue weighted by molar-refractivity contribution is 5.92. The van der Waals surface area contributed by atoms with E-state index >= 15 is 0 Å². The first-order valence-electron chi connectivity index (χ1n) is 14.5. The minimum atomic E-state index is -0.354. The molecule has 40 heavy (non-hydrogen) atoms. The Hall–Kier alpha value is -3.91. The molecule has 1 aromatic carbocycles. The quantitative estimate of drug-likeness (QED) is 0.381. The lowest BCUT2D eigenvalue weighted by Crippen LogP contribution is -2.46. The van der Waals surface area contributed by atoms with Crippen molar-refractivity contribution in [2.24, 2.45) is 13.0 Å². The summed E-state index contributed by atoms with van der Waals surface area (Å²) in [7, 11) is 3.58. The summed E-state index contributed by atoms with van der Waals surface area (Å²) in [5.74, 6) is 1.02. The van der Waals surface area contributed by atoms with E-state index in [1.54, 1.807) is 31.3 Å². The van der Waals surface area contributed by atoms with Gasteiger partial charge in [-0.3, -0.25) is 4.79 Å². The van der Waals surface area contributed by atoms with E-state index in [2.05, 4.69) is 26.9 Å². The van der Waals surface area contributed by atoms with Crippen molar-refractivity contribution in [3.63, 3.8) is 0 Å². The topological polar surface area (TPSA) is 88.9 Å². The molecule has 0 saturated heterocycles. The Kier molecular flexibility index (Phi) is 6.96. The van der Waals surface area contributed by atoms with Gasteiger partial charge in [-0.15, -0.1) is 0 Å². The van der Waals surface area contributed by atoms with Crippen LogP contribution in [0.4, 0.5) is 15.8 Å². The average Bonchev–Trinajstić information content (AvgIpc) is 3.80. The van der Waals surface area contributed by atoms with Crippen molar-refractivity contribution < 1.29 is 4.39 Å². The van der Waals surface area contributed by atoms with Crippen molar-refractivity contribution in [3.05, 3.63) is 63.3 Å². The minimum Gasteiger partial charge on any atom is -0.369 e. The number of halogens is 1. The molecule has 0 radical (unpaired) electrons. The fourth-order valence-electron chi connectivity index (χ4n) is 6.75. The molecule has 2 heterocycles. The second-order valence-corrected chi connectivity index (χ2v) is 11.9. The van der Waals surface area contributed by atoms with E-state index < -0.39 is 0 Å². The molecule has 0 aliphatic heterocycles. The first kappa shape index (κ1) is 26.3. The van der Waals surface area contributed by atoms with Gasteiger partial charge >= 0.3 is 0 Å². The molecular weight excluding hydrogens is 503 g/mol. The van der Waals surface area contributed by atoms with Crippen LogP contribution in [0.15, 0.2) is 35.1 Å². The third-order valence-corrected chi connectivity index (χ3v) is 9.44. The van der Waals surface area contributed by atoms with Gasteiger partial charge in [0.05, 0.1) is 11.2 Å². The van der Waals surface area contributed by atoms with Gasteiger partial charge in [-0.05, 0) is 99.1 Å². The Balaban J connectivity index is 1.29. The van der Waals surface area contributed by atoms with Crippen molar-refractivity contribution >= 4 is 22.4 Å². The lowest BCUT2D eigenvalue weighted by molar-refractivity contribution is 0.290. The molecule has 2 aromatic heterocycles. The standard InChI is InChI=1S/C32H35FN6O/c1-37(31-27(18-35)32(40)38(2)29-15-9-23(17-34)36-30(29)31)24-10-12-25(13-11-24)39(19-20-4-3-5-20)28-14-8-22(33)16-26(28)21-6-7-21/h8-9,14-16,20-21,24-25H,3-7,10-13,19H2,1-2H3/t24-,25-. The zero-order valence-electron chi connectivity index (χ0n) is 23.2. The lowest BCUT2D eigenvalue weighted by Gasteiger charge is -2.44. The Morgan fingerprint density at radius 2 is 1.73 bits per heavy atom. The van der Waals surface area contributed by atoms with Crippen LogP contribution in [0.25, 0.3) is 11.0 Å². The number of nitriles is 2. The first-order valence-corrected chi connectivity index (χ1v) is 14.5. The highest BCUT2D eigenvalue weighted by atomic mass is 19.1. The summed E-state index contributed by atoms with van der Waals surface area (Å²) in [6.45, 7) is 1.02. The number of anilines is 2. The molecule has 0 amide bonds. The minimum absolute atomic E-state index is 0.0641. The maximum Gasteiger partial charge on any atom is 0.270 e. The second kappa shape index (κ2) is 10.6. The molecular formula is C32H35FN6O. The van der Waals surface area contributed by atoms with E-state index in [4.69, 9.17) is 0 Å². The van der Waals surface area contributed by atoms with Crippen LogP contribution >= 0.6 is 0 Å². The summed E-state index contributed by atoms with van der Waals surface area (Å²) in [5.41, 5.74) is 3.98. The van der Waals surface area contributed by atoms with Crippen molar-refractivity contribution in [1.82, 2.24) is 9.55 Å². The molecule has 8 heteroatoms. The number of aryl methyl sites for hydroxylation is 1. The molecule has 3 aliphatic carbocycles. The zero-order chi connectivity index (χ0) is 28.0. The monoisotopic (exact) mass is 538 g/mol. The predicted molar refractivity (Wildman–Crippen MR) is 154 cm³/mol. The van der Waals surface area contributed by atoms with Crippen LogP contribution in [0.2, 0.25) is 0 Å². The number of hydrogen-bond donors (Lipinski definition) is 0. The summed E-state index contributed by atoms with van der Waals surface area (Å²) in [5, 5.41) is 19.5. The smallest absolute Gasteiger partial charge is 0.270 e. The number of rotatable bonds is 7. The van der Waals surface area contributed by atoms with Crippen LogP contribution in [0.5, 0.6) is 0 Å². The van der Waals surface area contributed by atoms with E-state index in [0.717, 1.165) is 45.1 Å². The van der Waals surface area contributed by atoms with E-state index in [0.29, 0.717) is 34.6 Å². The Bertz CT molecular complexity index is 1580. The Morgan fingerprint density at radius 3 is 2.35 bits per heavy atom. The molecule has 0 atom stereocenters. The summed E-state index contributed by atoms with van der Waals surface area (Å²) in [6, 6.07) is 13.4. The number of aromatic nitrogens is 2. The number of nitrogens with zero attached hydrogens (tertiary/aromatic N) is 6. The fourth-order valence-corrected chi connectivity index (χ4v) is 6.75. The molecule has 3 aliphatic rings. The zero-order valence-corrected chi connectivity index (χ0v) is 23.2. The maximum atomic E-state index is 14.3. The van der Waals surface area contributed by atoms with Crippen molar-refractivity contribution in [3.8, 4) is 12.1 Å². The average molecular weight is 539 g/mol. The van der Waals surface area contributed by atoms with E-state index in [1.807, 2.05) is 13.1 Å². The van der Waals surface area contributed by atoms with Gasteiger partial charge in [0.1, 0.15) is 34.7 Å². The normalized spacial score (nSPS) is 20.9. The van der Waals surface area contributed by atoms with Gasteiger partial charge < -0.3 is 14.4 Å². The van der Waals surface area contributed by atoms with Crippen LogP contribution in [-0.4, -0.2) is 35.2 Å². The fraction of sp³-hybridized carbons (Fsp3) is 0.500. The SMILES string of the molecule is Cn1c(=O)c(C#N)c(N(C)[C@H]2CC[C@H](N(CC3CCC3)c3ccc(F)cc3C3CC3)CC2)c2nc(C#N)ccc21. The third kappa shape index (κ3) is 4.70. The van der Waals surface area contributed by atoms with Crippen LogP contribution in [0.1, 0.15) is 80.5 Å². The Morgan fingerprint density at radius 1 is 1.00 bits per heavy atom. The van der Waals surface area contributed by atoms with Crippen molar-refractivity contribution in [1.29, 1.82) is 10.5 Å². The van der Waals surface area contributed by atoms with Crippen LogP contribution < -0.4 is 15.4 Å². The number of pyridine rings is 2. The predicted octanol–water partition coefficient (Wildman–Crippen LogP) is 5.75. The van der Waals surface area contributed by atoms with Crippen LogP contribution in [-0.2, 0) is 7.05 Å². The summed E-state index contributed by atoms with van der Waals surface area (Å²) >= 11 is 0. The van der Waals surface area contributed by atoms with Gasteiger partial charge in [0.25, 0.3) is 5.56 Å². The first-order chi connectivity index (χ1) is 19.4. The lowest BCUT2D eigenvalue weighted by atomic mass is 9.82. The maximum absolute atomic E-state index is 14.3. The van der Waals surface area contributed by atoms with Gasteiger partial charge in [0.2, 0.25) is 0 Å². The molecule has 3 saturated carbocycles. The highest BCUT2D eigenvalue weighted by Crippen LogP contribution is 2.46. The van der Waals surface area contributed by atoms with Gasteiger partial charge in [-0.25, -0.2) is 9.37 Å². The molecule has 3 aromatic rings. The number of benzene rings is 1. The van der Waals surface area contributed by atoms with Crippen LogP contribution in [0, 0.1) is 34.4 Å². The molecule has 206 valence electrons. The van der Waals surface area contributed by atoms with Gasteiger partial charge in [0, 0.05) is 38.4 Å². The number of fused-ring (bicyclic) bond motifs is 1. The van der Waals surface area contributed by atoms with E-state index in [1.165, 1.54) is 35.1 Å². The van der Waals surface area contributed by atoms with Crippen LogP contribution in [0.3, 0.4) is 0 Å². The molecule has 0 unspecified atom stereocenters. The highest BCUT2D eigenvalue weighted by Gasteiger charge is 2.35. The molecule has 6 rings (SSSR count). The molecule has 0 bridgehead atoms. The second-order valence-electron chi connectivity index (χ2n) is 11.9. The van der Waals surface area contributed by atoms with Crippen molar-refractivity contribution in [2.45, 2.75) is 75.8 Å². The Labute approximate surface area is 234 Å². The van der Waals surface area contributed by atoms with Gasteiger partial charge in [0.15, 0.2) is 0 Å². The molecule has 3 fully saturated rings. The molecule has 7 nitrogen and oxygen atoms in total. The number of hydrogen-bond acceptors (Lipinski definition) is 6. The van der Waals surface area contributed by atoms with Crippen molar-refractivity contribution in [2.75, 3.05) is 23.4 Å².